The molecule has 2 heterocycles. The number of halogens is 3. The molecule has 1 atom stereocenters. The third-order valence-electron chi connectivity index (χ3n) is 2.82. The molecule has 20 heavy (non-hydrogen) atoms. The highest BCUT2D eigenvalue weighted by atomic mass is 32.1. The molecule has 2 rings (SSSR count). The lowest BCUT2D eigenvalue weighted by Gasteiger charge is -2.15. The highest BCUT2D eigenvalue weighted by Gasteiger charge is 2.34. The molecule has 0 radical (unpaired) electrons. The van der Waals surface area contributed by atoms with Crippen molar-refractivity contribution in [1.29, 1.82) is 0 Å². The first-order chi connectivity index (χ1) is 9.27. The number of carboxylic acid groups (broad SMARTS) is 1. The Balaban J connectivity index is 1.95. The van der Waals surface area contributed by atoms with Crippen LogP contribution in [0.4, 0.5) is 23.1 Å². The van der Waals surface area contributed by atoms with Crippen molar-refractivity contribution in [3.05, 3.63) is 11.1 Å². The Morgan fingerprint density at radius 3 is 2.70 bits per heavy atom. The lowest BCUT2D eigenvalue weighted by atomic mass is 10.1. The summed E-state index contributed by atoms with van der Waals surface area (Å²) in [6, 6.07) is -0.642. The van der Waals surface area contributed by atoms with E-state index in [-0.39, 0.29) is 18.2 Å². The Morgan fingerprint density at radius 2 is 2.20 bits per heavy atom. The summed E-state index contributed by atoms with van der Waals surface area (Å²) in [4.78, 5) is 26.3. The SMILES string of the molecule is O=C(O)C1CCN(C(=O)Nc2ncc(C(F)(F)F)s2)C1. The minimum Gasteiger partial charge on any atom is -0.481 e. The quantitative estimate of drug-likeness (QED) is 0.876. The van der Waals surface area contributed by atoms with Crippen LogP contribution in [0.1, 0.15) is 11.3 Å². The first-order valence-electron chi connectivity index (χ1n) is 5.59. The molecule has 1 aliphatic rings. The summed E-state index contributed by atoms with van der Waals surface area (Å²) in [5, 5.41) is 10.9. The van der Waals surface area contributed by atoms with Gasteiger partial charge in [0.1, 0.15) is 4.88 Å². The van der Waals surface area contributed by atoms with Gasteiger partial charge < -0.3 is 10.0 Å². The van der Waals surface area contributed by atoms with Crippen LogP contribution in [0.2, 0.25) is 0 Å². The third kappa shape index (κ3) is 3.18. The number of nitrogens with one attached hydrogen (secondary N) is 1. The van der Waals surface area contributed by atoms with Gasteiger partial charge in [0.05, 0.1) is 12.1 Å². The van der Waals surface area contributed by atoms with Crippen molar-refractivity contribution in [2.24, 2.45) is 5.92 Å². The van der Waals surface area contributed by atoms with Crippen molar-refractivity contribution in [2.45, 2.75) is 12.6 Å². The number of hydrogen-bond donors (Lipinski definition) is 2. The molecule has 1 aromatic heterocycles. The van der Waals surface area contributed by atoms with Crippen LogP contribution in [0.3, 0.4) is 0 Å². The van der Waals surface area contributed by atoms with Gasteiger partial charge in [-0.2, -0.15) is 13.2 Å². The second-order valence-electron chi connectivity index (χ2n) is 4.23. The van der Waals surface area contributed by atoms with E-state index in [2.05, 4.69) is 10.3 Å². The molecule has 1 aliphatic heterocycles. The van der Waals surface area contributed by atoms with E-state index in [1.807, 2.05) is 0 Å². The predicted octanol–water partition coefficient (Wildman–Crippen LogP) is 2.10. The molecule has 0 aromatic carbocycles. The smallest absolute Gasteiger partial charge is 0.427 e. The van der Waals surface area contributed by atoms with E-state index >= 15 is 0 Å². The zero-order valence-electron chi connectivity index (χ0n) is 9.98. The van der Waals surface area contributed by atoms with Crippen molar-refractivity contribution in [1.82, 2.24) is 9.88 Å². The summed E-state index contributed by atoms with van der Waals surface area (Å²) in [6.07, 6.45) is -3.53. The van der Waals surface area contributed by atoms with Gasteiger partial charge in [-0.05, 0) is 6.42 Å². The monoisotopic (exact) mass is 309 g/mol. The maximum absolute atomic E-state index is 12.4. The minimum atomic E-state index is -4.50. The highest BCUT2D eigenvalue weighted by Crippen LogP contribution is 2.35. The molecule has 1 saturated heterocycles. The molecule has 1 unspecified atom stereocenters. The number of hydrogen-bond acceptors (Lipinski definition) is 4. The van der Waals surface area contributed by atoms with Gasteiger partial charge in [0.2, 0.25) is 0 Å². The van der Waals surface area contributed by atoms with Gasteiger partial charge in [-0.25, -0.2) is 9.78 Å². The second-order valence-corrected chi connectivity index (χ2v) is 5.26. The van der Waals surface area contributed by atoms with Crippen LogP contribution >= 0.6 is 11.3 Å². The van der Waals surface area contributed by atoms with E-state index in [1.165, 1.54) is 4.90 Å². The molecule has 0 saturated carbocycles. The van der Waals surface area contributed by atoms with Gasteiger partial charge in [0, 0.05) is 13.1 Å². The standard InChI is InChI=1S/C10H10F3N3O3S/c11-10(12,13)6-3-14-8(20-6)15-9(19)16-2-1-5(4-16)7(17)18/h3,5H,1-2,4H2,(H,17,18)(H,14,15,19). The van der Waals surface area contributed by atoms with E-state index in [4.69, 9.17) is 5.11 Å². The summed E-state index contributed by atoms with van der Waals surface area (Å²) in [5.41, 5.74) is 0. The Hall–Kier alpha value is -1.84. The first kappa shape index (κ1) is 14.6. The fourth-order valence-corrected chi connectivity index (χ4v) is 2.45. The van der Waals surface area contributed by atoms with E-state index in [0.717, 1.165) is 0 Å². The van der Waals surface area contributed by atoms with Crippen LogP contribution in [0.15, 0.2) is 6.20 Å². The summed E-state index contributed by atoms with van der Waals surface area (Å²) in [6.45, 7) is 0.291. The molecule has 0 spiro atoms. The number of carboxylic acids is 1. The molecule has 1 fully saturated rings. The van der Waals surface area contributed by atoms with Crippen LogP contribution in [0, 0.1) is 5.92 Å². The van der Waals surface area contributed by atoms with Crippen LogP contribution in [-0.4, -0.2) is 40.1 Å². The molecular weight excluding hydrogens is 299 g/mol. The summed E-state index contributed by atoms with van der Waals surface area (Å²) < 4.78 is 37.1. The average Bonchev–Trinajstić information content (AvgIpc) is 2.95. The summed E-state index contributed by atoms with van der Waals surface area (Å²) in [5.74, 6) is -1.63. The molecule has 0 bridgehead atoms. The van der Waals surface area contributed by atoms with Crippen LogP contribution in [-0.2, 0) is 11.0 Å². The molecule has 110 valence electrons. The zero-order chi connectivity index (χ0) is 14.9. The summed E-state index contributed by atoms with van der Waals surface area (Å²) >= 11 is 0.323. The average molecular weight is 309 g/mol. The number of carbonyl (C=O) groups is 2. The maximum Gasteiger partial charge on any atom is 0.427 e. The molecule has 6 nitrogen and oxygen atoms in total. The van der Waals surface area contributed by atoms with Gasteiger partial charge in [-0.15, -0.1) is 0 Å². The van der Waals surface area contributed by atoms with E-state index < -0.39 is 29.0 Å². The molecule has 10 heteroatoms. The van der Waals surface area contributed by atoms with Gasteiger partial charge >= 0.3 is 18.2 Å². The van der Waals surface area contributed by atoms with Gasteiger partial charge in [-0.1, -0.05) is 11.3 Å². The number of amides is 2. The number of nitrogens with zero attached hydrogens (tertiary/aromatic N) is 2. The Bertz CT molecular complexity index is 531. The number of alkyl halides is 3. The van der Waals surface area contributed by atoms with Crippen molar-refractivity contribution in [3.63, 3.8) is 0 Å². The van der Waals surface area contributed by atoms with Gasteiger partial charge in [0.25, 0.3) is 0 Å². The van der Waals surface area contributed by atoms with Gasteiger partial charge in [0.15, 0.2) is 5.13 Å². The van der Waals surface area contributed by atoms with Crippen molar-refractivity contribution >= 4 is 28.5 Å². The number of thiazole rings is 1. The number of anilines is 1. The third-order valence-corrected chi connectivity index (χ3v) is 3.78. The number of aliphatic carboxylic acids is 1. The van der Waals surface area contributed by atoms with E-state index in [9.17, 15) is 22.8 Å². The fourth-order valence-electron chi connectivity index (χ4n) is 1.78. The van der Waals surface area contributed by atoms with E-state index in [0.29, 0.717) is 24.0 Å². The van der Waals surface area contributed by atoms with E-state index in [1.54, 1.807) is 0 Å². The van der Waals surface area contributed by atoms with Crippen LogP contribution < -0.4 is 5.32 Å². The number of aromatic nitrogens is 1. The highest BCUT2D eigenvalue weighted by molar-refractivity contribution is 7.15. The number of likely N-dealkylation sites (tertiary alicyclic amines) is 1. The molecule has 0 aliphatic carbocycles. The van der Waals surface area contributed by atoms with Crippen molar-refractivity contribution < 1.29 is 27.9 Å². The molecule has 1 aromatic rings. The second kappa shape index (κ2) is 5.27. The van der Waals surface area contributed by atoms with Gasteiger partial charge in [-0.3, -0.25) is 10.1 Å². The first-order valence-corrected chi connectivity index (χ1v) is 6.41. The largest absolute Gasteiger partial charge is 0.481 e. The van der Waals surface area contributed by atoms with Crippen molar-refractivity contribution in [3.8, 4) is 0 Å². The molecule has 2 amide bonds. The van der Waals surface area contributed by atoms with Crippen molar-refractivity contribution in [2.75, 3.05) is 18.4 Å². The van der Waals surface area contributed by atoms with Crippen LogP contribution in [0.5, 0.6) is 0 Å². The number of rotatable bonds is 2. The molecule has 2 N–H and O–H groups in total. The number of carbonyl (C=O) groups excluding carboxylic acids is 1. The Kier molecular flexibility index (Phi) is 3.84. The summed E-state index contributed by atoms with van der Waals surface area (Å²) in [7, 11) is 0. The zero-order valence-corrected chi connectivity index (χ0v) is 10.8. The normalized spacial score (nSPS) is 19.1. The lowest BCUT2D eigenvalue weighted by Crippen LogP contribution is -2.33. The fraction of sp³-hybridized carbons (Fsp3) is 0.500. The topological polar surface area (TPSA) is 82.5 Å². The molecular formula is C10H10F3N3O3S. The minimum absolute atomic E-state index is 0.0403. The maximum atomic E-state index is 12.4. The lowest BCUT2D eigenvalue weighted by molar-refractivity contribution is -0.141. The Morgan fingerprint density at radius 1 is 1.50 bits per heavy atom. The predicted molar refractivity (Wildman–Crippen MR) is 63.5 cm³/mol. The Labute approximate surface area is 115 Å². The number of urea groups is 1. The van der Waals surface area contributed by atoms with Crippen LogP contribution in [0.25, 0.3) is 0 Å².